The van der Waals surface area contributed by atoms with Gasteiger partial charge in [-0.25, -0.2) is 8.78 Å². The van der Waals surface area contributed by atoms with Gasteiger partial charge >= 0.3 is 0 Å². The third-order valence-electron chi connectivity index (χ3n) is 2.67. The van der Waals surface area contributed by atoms with Crippen molar-refractivity contribution in [3.05, 3.63) is 56.2 Å². The van der Waals surface area contributed by atoms with Gasteiger partial charge in [-0.2, -0.15) is 0 Å². The van der Waals surface area contributed by atoms with E-state index in [0.717, 1.165) is 15.4 Å². The van der Waals surface area contributed by atoms with Gasteiger partial charge in [0.2, 0.25) is 0 Å². The Hall–Kier alpha value is -0.780. The molecule has 1 nitrogen and oxygen atoms in total. The van der Waals surface area contributed by atoms with Gasteiger partial charge in [-0.3, -0.25) is 0 Å². The van der Waals surface area contributed by atoms with Crippen LogP contribution in [0.1, 0.15) is 17.4 Å². The van der Waals surface area contributed by atoms with Gasteiger partial charge in [0, 0.05) is 26.7 Å². The summed E-state index contributed by atoms with van der Waals surface area (Å²) in [4.78, 5) is 0.899. The zero-order chi connectivity index (χ0) is 13.3. The van der Waals surface area contributed by atoms with Crippen LogP contribution in [-0.4, -0.2) is 5.11 Å². The highest BCUT2D eigenvalue weighted by molar-refractivity contribution is 9.10. The Bertz CT molecular complexity index is 566. The van der Waals surface area contributed by atoms with Crippen LogP contribution in [0, 0.1) is 11.6 Å². The van der Waals surface area contributed by atoms with Crippen molar-refractivity contribution in [2.75, 3.05) is 0 Å². The first kappa shape index (κ1) is 13.6. The maximum absolute atomic E-state index is 13.7. The van der Waals surface area contributed by atoms with Gasteiger partial charge in [-0.15, -0.1) is 11.3 Å². The van der Waals surface area contributed by atoms with Crippen LogP contribution >= 0.6 is 27.3 Å². The average Bonchev–Trinajstić information content (AvgIpc) is 2.67. The monoisotopic (exact) mass is 332 g/mol. The molecule has 18 heavy (non-hydrogen) atoms. The van der Waals surface area contributed by atoms with E-state index in [0.29, 0.717) is 0 Å². The Labute approximate surface area is 116 Å². The Morgan fingerprint density at radius 3 is 2.72 bits per heavy atom. The van der Waals surface area contributed by atoms with Gasteiger partial charge in [0.15, 0.2) is 11.6 Å². The maximum Gasteiger partial charge on any atom is 0.164 e. The molecular formula is C13H11BrF2OS. The molecule has 0 saturated heterocycles. The van der Waals surface area contributed by atoms with E-state index in [1.165, 1.54) is 30.4 Å². The SMILES string of the molecule is CC(O)(Cc1cc(Br)cs1)c1cccc(F)c1F. The van der Waals surface area contributed by atoms with Gasteiger partial charge < -0.3 is 5.11 Å². The second-order valence-corrected chi connectivity index (χ2v) is 6.19. The van der Waals surface area contributed by atoms with Gasteiger partial charge in [0.1, 0.15) is 0 Å². The molecule has 0 spiro atoms. The largest absolute Gasteiger partial charge is 0.385 e. The lowest BCUT2D eigenvalue weighted by molar-refractivity contribution is 0.0539. The molecule has 0 amide bonds. The summed E-state index contributed by atoms with van der Waals surface area (Å²) in [6.45, 7) is 1.48. The number of aliphatic hydroxyl groups is 1. The minimum absolute atomic E-state index is 0.0213. The van der Waals surface area contributed by atoms with Gasteiger partial charge in [-0.05, 0) is 35.0 Å². The molecular weight excluding hydrogens is 322 g/mol. The van der Waals surface area contributed by atoms with Crippen LogP contribution in [0.3, 0.4) is 0 Å². The Balaban J connectivity index is 2.33. The molecule has 0 fully saturated rings. The van der Waals surface area contributed by atoms with Crippen molar-refractivity contribution >= 4 is 27.3 Å². The van der Waals surface area contributed by atoms with Crippen molar-refractivity contribution in [1.29, 1.82) is 0 Å². The van der Waals surface area contributed by atoms with E-state index in [1.54, 1.807) is 0 Å². The second kappa shape index (κ2) is 5.07. The smallest absolute Gasteiger partial charge is 0.164 e. The Kier molecular flexibility index (Phi) is 3.84. The lowest BCUT2D eigenvalue weighted by Gasteiger charge is -2.23. The molecule has 1 N–H and O–H groups in total. The third-order valence-corrected chi connectivity index (χ3v) is 4.37. The van der Waals surface area contributed by atoms with E-state index >= 15 is 0 Å². The predicted octanol–water partition coefficient (Wildman–Crippen LogP) is 4.24. The molecule has 0 saturated carbocycles. The van der Waals surface area contributed by atoms with Crippen LogP contribution in [0.25, 0.3) is 0 Å². The quantitative estimate of drug-likeness (QED) is 0.891. The Morgan fingerprint density at radius 2 is 2.11 bits per heavy atom. The molecule has 2 rings (SSSR count). The van der Waals surface area contributed by atoms with Crippen molar-refractivity contribution in [1.82, 2.24) is 0 Å². The number of thiophene rings is 1. The number of hydrogen-bond donors (Lipinski definition) is 1. The summed E-state index contributed by atoms with van der Waals surface area (Å²) in [5, 5.41) is 12.2. The van der Waals surface area contributed by atoms with Crippen molar-refractivity contribution in [3.63, 3.8) is 0 Å². The summed E-state index contributed by atoms with van der Waals surface area (Å²) in [5.41, 5.74) is -1.46. The number of halogens is 3. The molecule has 0 bridgehead atoms. The minimum atomic E-state index is -1.43. The molecule has 1 aromatic carbocycles. The highest BCUT2D eigenvalue weighted by atomic mass is 79.9. The fraction of sp³-hybridized carbons (Fsp3) is 0.231. The highest BCUT2D eigenvalue weighted by Crippen LogP contribution is 2.31. The molecule has 5 heteroatoms. The number of rotatable bonds is 3. The van der Waals surface area contributed by atoms with E-state index in [9.17, 15) is 13.9 Å². The average molecular weight is 333 g/mol. The summed E-state index contributed by atoms with van der Waals surface area (Å²) in [6, 6.07) is 5.70. The first-order valence-corrected chi connectivity index (χ1v) is 6.97. The summed E-state index contributed by atoms with van der Waals surface area (Å²) >= 11 is 4.77. The molecule has 0 aliphatic heterocycles. The lowest BCUT2D eigenvalue weighted by atomic mass is 9.91. The van der Waals surface area contributed by atoms with E-state index in [2.05, 4.69) is 15.9 Å². The van der Waals surface area contributed by atoms with Gasteiger partial charge in [0.05, 0.1) is 5.60 Å². The lowest BCUT2D eigenvalue weighted by Crippen LogP contribution is -2.25. The van der Waals surface area contributed by atoms with Crippen LogP contribution in [0.15, 0.2) is 34.1 Å². The van der Waals surface area contributed by atoms with Crippen molar-refractivity contribution in [3.8, 4) is 0 Å². The Morgan fingerprint density at radius 1 is 1.39 bits per heavy atom. The van der Waals surface area contributed by atoms with Crippen LogP contribution in [0.2, 0.25) is 0 Å². The predicted molar refractivity (Wildman–Crippen MR) is 71.7 cm³/mol. The summed E-state index contributed by atoms with van der Waals surface area (Å²) in [7, 11) is 0. The standard InChI is InChI=1S/C13H11BrF2OS/c1-13(17,6-9-5-8(14)7-18-9)10-3-2-4-11(15)12(10)16/h2-5,7,17H,6H2,1H3. The fourth-order valence-electron chi connectivity index (χ4n) is 1.80. The zero-order valence-corrected chi connectivity index (χ0v) is 12.0. The molecule has 1 unspecified atom stereocenters. The molecule has 1 aromatic heterocycles. The maximum atomic E-state index is 13.7. The van der Waals surface area contributed by atoms with Crippen molar-refractivity contribution in [2.24, 2.45) is 0 Å². The van der Waals surface area contributed by atoms with E-state index in [1.807, 2.05) is 11.4 Å². The van der Waals surface area contributed by atoms with Crippen LogP contribution in [-0.2, 0) is 12.0 Å². The first-order chi connectivity index (χ1) is 8.40. The molecule has 1 atom stereocenters. The summed E-state index contributed by atoms with van der Waals surface area (Å²) in [5.74, 6) is -1.93. The minimum Gasteiger partial charge on any atom is -0.385 e. The van der Waals surface area contributed by atoms with Crippen LogP contribution in [0.5, 0.6) is 0 Å². The fourth-order valence-corrected chi connectivity index (χ4v) is 3.40. The topological polar surface area (TPSA) is 20.2 Å². The molecule has 0 radical (unpaired) electrons. The molecule has 0 aliphatic rings. The van der Waals surface area contributed by atoms with E-state index in [4.69, 9.17) is 0 Å². The summed E-state index contributed by atoms with van der Waals surface area (Å²) < 4.78 is 27.7. The zero-order valence-electron chi connectivity index (χ0n) is 9.58. The number of benzene rings is 1. The first-order valence-electron chi connectivity index (χ1n) is 5.30. The van der Waals surface area contributed by atoms with E-state index < -0.39 is 17.2 Å². The van der Waals surface area contributed by atoms with Gasteiger partial charge in [-0.1, -0.05) is 12.1 Å². The van der Waals surface area contributed by atoms with Gasteiger partial charge in [0.25, 0.3) is 0 Å². The molecule has 96 valence electrons. The van der Waals surface area contributed by atoms with Crippen molar-refractivity contribution in [2.45, 2.75) is 18.9 Å². The molecule has 2 aromatic rings. The normalized spacial score (nSPS) is 14.5. The van der Waals surface area contributed by atoms with Crippen molar-refractivity contribution < 1.29 is 13.9 Å². The van der Waals surface area contributed by atoms with Crippen LogP contribution in [0.4, 0.5) is 8.78 Å². The third kappa shape index (κ3) is 2.79. The molecule has 0 aliphatic carbocycles. The van der Waals surface area contributed by atoms with E-state index in [-0.39, 0.29) is 12.0 Å². The summed E-state index contributed by atoms with van der Waals surface area (Å²) in [6.07, 6.45) is 0.240. The highest BCUT2D eigenvalue weighted by Gasteiger charge is 2.28. The second-order valence-electron chi connectivity index (χ2n) is 4.28. The number of hydrogen-bond acceptors (Lipinski definition) is 2. The van der Waals surface area contributed by atoms with Crippen LogP contribution < -0.4 is 0 Å². The molecule has 1 heterocycles.